The van der Waals surface area contributed by atoms with Gasteiger partial charge in [0.05, 0.1) is 13.2 Å². The third kappa shape index (κ3) is 5.71. The zero-order valence-electron chi connectivity index (χ0n) is 12.4. The number of ether oxygens (including phenoxy) is 2. The fourth-order valence-electron chi connectivity index (χ4n) is 1.74. The predicted molar refractivity (Wildman–Crippen MR) is 79.1 cm³/mol. The molecule has 0 heterocycles. The first-order chi connectivity index (χ1) is 10.1. The van der Waals surface area contributed by atoms with Gasteiger partial charge in [0, 0.05) is 6.04 Å². The lowest BCUT2D eigenvalue weighted by molar-refractivity contribution is -0.122. The molecule has 0 aliphatic heterocycles. The molecule has 6 nitrogen and oxygen atoms in total. The Morgan fingerprint density at radius 1 is 1.48 bits per heavy atom. The quantitative estimate of drug-likeness (QED) is 0.696. The first-order valence-corrected chi connectivity index (χ1v) is 6.79. The monoisotopic (exact) mass is 291 g/mol. The number of nitriles is 1. The SMILES string of the molecule is CCC(N)Cc1ccc(OCC(=O)NCC#N)c(OC)c1. The van der Waals surface area contributed by atoms with E-state index in [9.17, 15) is 4.79 Å². The molecule has 114 valence electrons. The second kappa shape index (κ2) is 8.82. The normalized spacial score (nSPS) is 11.3. The minimum absolute atomic E-state index is 0.0346. The van der Waals surface area contributed by atoms with Crippen LogP contribution in [0.2, 0.25) is 0 Å². The van der Waals surface area contributed by atoms with Gasteiger partial charge in [-0.2, -0.15) is 5.26 Å². The van der Waals surface area contributed by atoms with Gasteiger partial charge in [-0.25, -0.2) is 0 Å². The van der Waals surface area contributed by atoms with Crippen LogP contribution in [0.15, 0.2) is 18.2 Å². The highest BCUT2D eigenvalue weighted by molar-refractivity contribution is 5.77. The van der Waals surface area contributed by atoms with Crippen molar-refractivity contribution in [2.24, 2.45) is 5.73 Å². The number of amides is 1. The summed E-state index contributed by atoms with van der Waals surface area (Å²) in [6.45, 7) is 1.85. The topological polar surface area (TPSA) is 97.4 Å². The molecule has 0 fully saturated rings. The van der Waals surface area contributed by atoms with Crippen LogP contribution in [0.1, 0.15) is 18.9 Å². The van der Waals surface area contributed by atoms with Crippen molar-refractivity contribution in [3.63, 3.8) is 0 Å². The van der Waals surface area contributed by atoms with Gasteiger partial charge >= 0.3 is 0 Å². The molecule has 0 spiro atoms. The third-order valence-electron chi connectivity index (χ3n) is 2.97. The van der Waals surface area contributed by atoms with Gasteiger partial charge in [0.25, 0.3) is 5.91 Å². The second-order valence-corrected chi connectivity index (χ2v) is 4.58. The molecular formula is C15H21N3O3. The summed E-state index contributed by atoms with van der Waals surface area (Å²) in [5.41, 5.74) is 6.99. The lowest BCUT2D eigenvalue weighted by Crippen LogP contribution is -2.29. The Labute approximate surface area is 124 Å². The number of carbonyl (C=O) groups excluding carboxylic acids is 1. The molecule has 21 heavy (non-hydrogen) atoms. The standard InChI is InChI=1S/C15H21N3O3/c1-3-12(17)8-11-4-5-13(14(9-11)20-2)21-10-15(19)18-7-6-16/h4-5,9,12H,3,7-8,10,17H2,1-2H3,(H,18,19). The highest BCUT2D eigenvalue weighted by atomic mass is 16.5. The number of hydrogen-bond acceptors (Lipinski definition) is 5. The fraction of sp³-hybridized carbons (Fsp3) is 0.467. The van der Waals surface area contributed by atoms with Crippen LogP contribution < -0.4 is 20.5 Å². The molecule has 3 N–H and O–H groups in total. The van der Waals surface area contributed by atoms with Gasteiger partial charge < -0.3 is 20.5 Å². The molecule has 1 aromatic rings. The van der Waals surface area contributed by atoms with Crippen LogP contribution in [-0.2, 0) is 11.2 Å². The Morgan fingerprint density at radius 3 is 2.86 bits per heavy atom. The third-order valence-corrected chi connectivity index (χ3v) is 2.97. The lowest BCUT2D eigenvalue weighted by atomic mass is 10.0. The zero-order valence-corrected chi connectivity index (χ0v) is 12.4. The second-order valence-electron chi connectivity index (χ2n) is 4.58. The maximum absolute atomic E-state index is 11.4. The van der Waals surface area contributed by atoms with E-state index in [-0.39, 0.29) is 25.1 Å². The van der Waals surface area contributed by atoms with E-state index in [1.807, 2.05) is 25.1 Å². The average molecular weight is 291 g/mol. The first-order valence-electron chi connectivity index (χ1n) is 6.79. The van der Waals surface area contributed by atoms with Crippen LogP contribution in [0.5, 0.6) is 11.5 Å². The number of hydrogen-bond donors (Lipinski definition) is 2. The van der Waals surface area contributed by atoms with Gasteiger partial charge in [0.15, 0.2) is 18.1 Å². The summed E-state index contributed by atoms with van der Waals surface area (Å²) in [5, 5.41) is 10.8. The maximum Gasteiger partial charge on any atom is 0.258 e. The van der Waals surface area contributed by atoms with Crippen molar-refractivity contribution in [1.82, 2.24) is 5.32 Å². The van der Waals surface area contributed by atoms with Crippen molar-refractivity contribution >= 4 is 5.91 Å². The molecule has 1 amide bonds. The van der Waals surface area contributed by atoms with Gasteiger partial charge in [-0.15, -0.1) is 0 Å². The Balaban J connectivity index is 2.66. The van der Waals surface area contributed by atoms with Crippen LogP contribution >= 0.6 is 0 Å². The molecule has 0 aromatic heterocycles. The number of nitrogens with two attached hydrogens (primary N) is 1. The van der Waals surface area contributed by atoms with Crippen LogP contribution in [0.3, 0.4) is 0 Å². The van der Waals surface area contributed by atoms with E-state index in [0.29, 0.717) is 11.5 Å². The fourth-order valence-corrected chi connectivity index (χ4v) is 1.74. The smallest absolute Gasteiger partial charge is 0.258 e. The average Bonchev–Trinajstić information content (AvgIpc) is 2.51. The first kappa shape index (κ1) is 16.8. The van der Waals surface area contributed by atoms with E-state index in [2.05, 4.69) is 5.32 Å². The van der Waals surface area contributed by atoms with Gasteiger partial charge in [0.2, 0.25) is 0 Å². The number of nitrogens with zero attached hydrogens (tertiary/aromatic N) is 1. The van der Waals surface area contributed by atoms with Crippen molar-refractivity contribution in [3.05, 3.63) is 23.8 Å². The summed E-state index contributed by atoms with van der Waals surface area (Å²) in [6.07, 6.45) is 1.66. The molecule has 0 saturated carbocycles. The van der Waals surface area contributed by atoms with E-state index < -0.39 is 0 Å². The van der Waals surface area contributed by atoms with Crippen molar-refractivity contribution in [3.8, 4) is 17.6 Å². The Morgan fingerprint density at radius 2 is 2.24 bits per heavy atom. The van der Waals surface area contributed by atoms with Crippen LogP contribution in [-0.4, -0.2) is 32.2 Å². The van der Waals surface area contributed by atoms with Gasteiger partial charge in [-0.3, -0.25) is 4.79 Å². The molecule has 1 rings (SSSR count). The van der Waals surface area contributed by atoms with Crippen molar-refractivity contribution in [2.75, 3.05) is 20.3 Å². The van der Waals surface area contributed by atoms with Crippen molar-refractivity contribution in [1.29, 1.82) is 5.26 Å². The summed E-state index contributed by atoms with van der Waals surface area (Å²) in [7, 11) is 1.54. The Bertz CT molecular complexity index is 511. The summed E-state index contributed by atoms with van der Waals surface area (Å²) in [6, 6.07) is 7.46. The molecular weight excluding hydrogens is 270 g/mol. The van der Waals surface area contributed by atoms with Crippen molar-refractivity contribution < 1.29 is 14.3 Å². The highest BCUT2D eigenvalue weighted by Gasteiger charge is 2.10. The summed E-state index contributed by atoms with van der Waals surface area (Å²) in [5.74, 6) is 0.693. The van der Waals surface area contributed by atoms with E-state index in [4.69, 9.17) is 20.5 Å². The molecule has 0 radical (unpaired) electrons. The minimum atomic E-state index is -0.351. The summed E-state index contributed by atoms with van der Waals surface area (Å²) in [4.78, 5) is 11.4. The molecule has 1 unspecified atom stereocenters. The molecule has 6 heteroatoms. The summed E-state index contributed by atoms with van der Waals surface area (Å²) >= 11 is 0. The van der Waals surface area contributed by atoms with E-state index >= 15 is 0 Å². The lowest BCUT2D eigenvalue weighted by Gasteiger charge is -2.13. The minimum Gasteiger partial charge on any atom is -0.493 e. The van der Waals surface area contributed by atoms with Gasteiger partial charge in [-0.05, 0) is 30.5 Å². The van der Waals surface area contributed by atoms with Gasteiger partial charge in [-0.1, -0.05) is 13.0 Å². The van der Waals surface area contributed by atoms with Crippen LogP contribution in [0.25, 0.3) is 0 Å². The zero-order chi connectivity index (χ0) is 15.7. The number of rotatable bonds is 8. The van der Waals surface area contributed by atoms with Crippen LogP contribution in [0.4, 0.5) is 0 Å². The predicted octanol–water partition coefficient (Wildman–Crippen LogP) is 0.994. The van der Waals surface area contributed by atoms with E-state index in [1.54, 1.807) is 13.2 Å². The van der Waals surface area contributed by atoms with Crippen molar-refractivity contribution in [2.45, 2.75) is 25.8 Å². The van der Waals surface area contributed by atoms with Gasteiger partial charge in [0.1, 0.15) is 6.54 Å². The Hall–Kier alpha value is -2.26. The molecule has 0 aliphatic carbocycles. The number of carbonyl (C=O) groups is 1. The number of methoxy groups -OCH3 is 1. The Kier molecular flexibility index (Phi) is 7.05. The van der Waals surface area contributed by atoms with E-state index in [0.717, 1.165) is 18.4 Å². The molecule has 0 aliphatic rings. The number of benzene rings is 1. The molecule has 0 bridgehead atoms. The molecule has 1 atom stereocenters. The summed E-state index contributed by atoms with van der Waals surface area (Å²) < 4.78 is 10.7. The van der Waals surface area contributed by atoms with Crippen LogP contribution in [0, 0.1) is 11.3 Å². The maximum atomic E-state index is 11.4. The molecule has 1 aromatic carbocycles. The largest absolute Gasteiger partial charge is 0.493 e. The van der Waals surface area contributed by atoms with E-state index in [1.165, 1.54) is 0 Å². The highest BCUT2D eigenvalue weighted by Crippen LogP contribution is 2.28. The molecule has 0 saturated heterocycles. The number of nitrogens with one attached hydrogen (secondary N) is 1.